The average Bonchev–Trinajstić information content (AvgIpc) is 3.08. The Morgan fingerprint density at radius 2 is 1.74 bits per heavy atom. The highest BCUT2D eigenvalue weighted by molar-refractivity contribution is 6.46. The summed E-state index contributed by atoms with van der Waals surface area (Å²) in [5.74, 6) is -1.52. The van der Waals surface area contributed by atoms with Crippen LogP contribution >= 0.6 is 0 Å². The van der Waals surface area contributed by atoms with Gasteiger partial charge in [-0.25, -0.2) is 0 Å². The molecule has 0 radical (unpaired) electrons. The fourth-order valence-corrected chi connectivity index (χ4v) is 4.47. The number of aromatic hydroxyl groups is 1. The molecule has 1 atom stereocenters. The highest BCUT2D eigenvalue weighted by Crippen LogP contribution is 2.44. The minimum absolute atomic E-state index is 0.0649. The number of phenolic OH excluding ortho intramolecular Hbond substituents is 1. The quantitative estimate of drug-likeness (QED) is 0.316. The second-order valence-corrected chi connectivity index (χ2v) is 8.57. The van der Waals surface area contributed by atoms with Gasteiger partial charge in [-0.2, -0.15) is 0 Å². The van der Waals surface area contributed by atoms with Crippen molar-refractivity contribution in [2.45, 2.75) is 12.5 Å². The summed E-state index contributed by atoms with van der Waals surface area (Å²) in [4.78, 5) is 29.8. The van der Waals surface area contributed by atoms with E-state index in [0.717, 1.165) is 11.9 Å². The number of fused-ring (bicyclic) bond motifs is 1. The lowest BCUT2D eigenvalue weighted by Crippen LogP contribution is -2.32. The number of nitrogens with zero attached hydrogens (tertiary/aromatic N) is 2. The Hall–Kier alpha value is -3.84. The molecule has 0 spiro atoms. The Morgan fingerprint density at radius 3 is 2.47 bits per heavy atom. The number of likely N-dealkylation sites (tertiary alicyclic amines) is 1. The molecule has 34 heavy (non-hydrogen) atoms. The molecular formula is C27H28N2O5. The molecule has 1 heterocycles. The number of ketones is 1. The number of hydrogen-bond donors (Lipinski definition) is 2. The van der Waals surface area contributed by atoms with Gasteiger partial charge in [0.1, 0.15) is 17.3 Å². The molecule has 0 bridgehead atoms. The smallest absolute Gasteiger partial charge is 0.295 e. The molecule has 176 valence electrons. The van der Waals surface area contributed by atoms with Crippen molar-refractivity contribution in [3.63, 3.8) is 0 Å². The number of para-hydroxylation sites is 1. The first-order chi connectivity index (χ1) is 16.3. The van der Waals surface area contributed by atoms with E-state index in [1.807, 2.05) is 31.1 Å². The number of rotatable bonds is 7. The highest BCUT2D eigenvalue weighted by Gasteiger charge is 2.47. The number of aliphatic hydroxyl groups is 1. The van der Waals surface area contributed by atoms with Crippen LogP contribution in [0, 0.1) is 0 Å². The number of aliphatic hydroxyl groups excluding tert-OH is 1. The first-order valence-electron chi connectivity index (χ1n) is 11.1. The molecule has 1 saturated heterocycles. The van der Waals surface area contributed by atoms with E-state index in [-0.39, 0.29) is 16.9 Å². The first kappa shape index (κ1) is 23.3. The first-order valence-corrected chi connectivity index (χ1v) is 11.1. The number of hydrogen-bond acceptors (Lipinski definition) is 6. The minimum Gasteiger partial charge on any atom is -0.507 e. The molecule has 4 rings (SSSR count). The molecular weight excluding hydrogens is 432 g/mol. The third-order valence-corrected chi connectivity index (χ3v) is 6.13. The zero-order valence-corrected chi connectivity index (χ0v) is 19.5. The second-order valence-electron chi connectivity index (χ2n) is 8.57. The zero-order chi connectivity index (χ0) is 24.4. The highest BCUT2D eigenvalue weighted by atomic mass is 16.5. The summed E-state index contributed by atoms with van der Waals surface area (Å²) in [6, 6.07) is 16.8. The van der Waals surface area contributed by atoms with Gasteiger partial charge in [-0.05, 0) is 44.6 Å². The molecule has 0 unspecified atom stereocenters. The summed E-state index contributed by atoms with van der Waals surface area (Å²) >= 11 is 0. The van der Waals surface area contributed by atoms with E-state index in [1.54, 1.807) is 48.5 Å². The lowest BCUT2D eigenvalue weighted by molar-refractivity contribution is -0.140. The maximum absolute atomic E-state index is 13.2. The number of amides is 1. The van der Waals surface area contributed by atoms with Gasteiger partial charge in [0.05, 0.1) is 24.3 Å². The number of phenols is 1. The topological polar surface area (TPSA) is 90.3 Å². The van der Waals surface area contributed by atoms with Crippen LogP contribution in [0.15, 0.2) is 66.2 Å². The van der Waals surface area contributed by atoms with E-state index in [0.29, 0.717) is 29.7 Å². The van der Waals surface area contributed by atoms with E-state index in [2.05, 4.69) is 0 Å². The maximum atomic E-state index is 13.2. The van der Waals surface area contributed by atoms with Crippen molar-refractivity contribution in [1.82, 2.24) is 9.80 Å². The van der Waals surface area contributed by atoms with Gasteiger partial charge in [0.15, 0.2) is 0 Å². The standard InChI is InChI=1S/C27H28N2O5/c1-28(2)15-8-16-29-23(19-11-6-7-12-21(19)34-3)22(26(32)27(29)33)25(31)20-14-13-17-9-4-5-10-18(17)24(20)30/h4-7,9-14,23,30-31H,8,15-16H2,1-3H3/t23-/m0/s1. The third kappa shape index (κ3) is 4.10. The Labute approximate surface area is 198 Å². The summed E-state index contributed by atoms with van der Waals surface area (Å²) in [5, 5.41) is 23.6. The fourth-order valence-electron chi connectivity index (χ4n) is 4.47. The third-order valence-electron chi connectivity index (χ3n) is 6.13. The summed E-state index contributed by atoms with van der Waals surface area (Å²) in [6.45, 7) is 1.05. The van der Waals surface area contributed by atoms with Crippen molar-refractivity contribution in [2.24, 2.45) is 0 Å². The van der Waals surface area contributed by atoms with Gasteiger partial charge in [-0.15, -0.1) is 0 Å². The number of Topliss-reactive ketones (excluding diaryl/α,β-unsaturated/α-hetero) is 1. The SMILES string of the molecule is COc1ccccc1[C@H]1C(=C(O)c2ccc3ccccc3c2O)C(=O)C(=O)N1CCCN(C)C. The Kier molecular flexibility index (Phi) is 6.56. The van der Waals surface area contributed by atoms with Crippen LogP contribution in [0.25, 0.3) is 16.5 Å². The minimum atomic E-state index is -0.843. The van der Waals surface area contributed by atoms with Gasteiger partial charge in [-0.1, -0.05) is 48.5 Å². The van der Waals surface area contributed by atoms with Crippen LogP contribution in [0.4, 0.5) is 0 Å². The predicted molar refractivity (Wildman–Crippen MR) is 131 cm³/mol. The van der Waals surface area contributed by atoms with Gasteiger partial charge in [0, 0.05) is 17.5 Å². The summed E-state index contributed by atoms with van der Waals surface area (Å²) in [5.41, 5.74) is 0.630. The summed E-state index contributed by atoms with van der Waals surface area (Å²) in [6.07, 6.45) is 0.646. The molecule has 1 aliphatic rings. The largest absolute Gasteiger partial charge is 0.507 e. The van der Waals surface area contributed by atoms with Crippen molar-refractivity contribution >= 4 is 28.2 Å². The van der Waals surface area contributed by atoms with Gasteiger partial charge in [0.2, 0.25) is 0 Å². The Bertz CT molecular complexity index is 1280. The van der Waals surface area contributed by atoms with E-state index in [1.165, 1.54) is 12.0 Å². The molecule has 0 aliphatic carbocycles. The van der Waals surface area contributed by atoms with E-state index in [9.17, 15) is 19.8 Å². The molecule has 1 fully saturated rings. The fraction of sp³-hybridized carbons (Fsp3) is 0.259. The monoisotopic (exact) mass is 460 g/mol. The lowest BCUT2D eigenvalue weighted by atomic mass is 9.93. The van der Waals surface area contributed by atoms with Crippen molar-refractivity contribution in [2.75, 3.05) is 34.3 Å². The zero-order valence-electron chi connectivity index (χ0n) is 19.5. The van der Waals surface area contributed by atoms with Crippen molar-refractivity contribution in [1.29, 1.82) is 0 Å². The van der Waals surface area contributed by atoms with Crippen LogP contribution in [-0.2, 0) is 9.59 Å². The van der Waals surface area contributed by atoms with E-state index >= 15 is 0 Å². The van der Waals surface area contributed by atoms with Gasteiger partial charge in [-0.3, -0.25) is 9.59 Å². The number of methoxy groups -OCH3 is 1. The summed E-state index contributed by atoms with van der Waals surface area (Å²) in [7, 11) is 5.40. The molecule has 1 aliphatic heterocycles. The second kappa shape index (κ2) is 9.57. The molecule has 7 heteroatoms. The van der Waals surface area contributed by atoms with Crippen LogP contribution in [0.1, 0.15) is 23.6 Å². The molecule has 1 amide bonds. The summed E-state index contributed by atoms with van der Waals surface area (Å²) < 4.78 is 5.52. The Morgan fingerprint density at radius 1 is 1.03 bits per heavy atom. The lowest BCUT2D eigenvalue weighted by Gasteiger charge is -2.27. The molecule has 3 aromatic rings. The number of carbonyl (C=O) groups is 2. The van der Waals surface area contributed by atoms with Gasteiger partial charge in [0.25, 0.3) is 11.7 Å². The van der Waals surface area contributed by atoms with Crippen LogP contribution in [0.3, 0.4) is 0 Å². The van der Waals surface area contributed by atoms with Crippen molar-refractivity contribution < 1.29 is 24.5 Å². The molecule has 2 N–H and O–H groups in total. The van der Waals surface area contributed by atoms with E-state index in [4.69, 9.17) is 4.74 Å². The number of ether oxygens (including phenoxy) is 1. The maximum Gasteiger partial charge on any atom is 0.295 e. The van der Waals surface area contributed by atoms with Gasteiger partial charge >= 0.3 is 0 Å². The van der Waals surface area contributed by atoms with Crippen LogP contribution in [0.5, 0.6) is 11.5 Å². The van der Waals surface area contributed by atoms with E-state index < -0.39 is 23.5 Å². The Balaban J connectivity index is 1.90. The number of benzene rings is 3. The average molecular weight is 461 g/mol. The van der Waals surface area contributed by atoms with Crippen LogP contribution in [-0.4, -0.2) is 66.0 Å². The number of carbonyl (C=O) groups excluding carboxylic acids is 2. The molecule has 7 nitrogen and oxygen atoms in total. The predicted octanol–water partition coefficient (Wildman–Crippen LogP) is 3.93. The molecule has 0 aromatic heterocycles. The van der Waals surface area contributed by atoms with Gasteiger partial charge < -0.3 is 24.7 Å². The normalized spacial score (nSPS) is 17.6. The van der Waals surface area contributed by atoms with Crippen LogP contribution in [0.2, 0.25) is 0 Å². The molecule has 0 saturated carbocycles. The van der Waals surface area contributed by atoms with Crippen molar-refractivity contribution in [3.05, 3.63) is 77.4 Å². The van der Waals surface area contributed by atoms with Crippen molar-refractivity contribution in [3.8, 4) is 11.5 Å². The van der Waals surface area contributed by atoms with Crippen LogP contribution < -0.4 is 4.74 Å². The molecule has 3 aromatic carbocycles.